The summed E-state index contributed by atoms with van der Waals surface area (Å²) in [7, 11) is 0. The summed E-state index contributed by atoms with van der Waals surface area (Å²) < 4.78 is 13.4. The van der Waals surface area contributed by atoms with E-state index in [0.29, 0.717) is 16.7 Å². The van der Waals surface area contributed by atoms with Crippen molar-refractivity contribution in [2.75, 3.05) is 5.32 Å². The van der Waals surface area contributed by atoms with Gasteiger partial charge < -0.3 is 10.4 Å². The zero-order chi connectivity index (χ0) is 14.1. The highest BCUT2D eigenvalue weighted by molar-refractivity contribution is 5.90. The minimum atomic E-state index is -0.335. The van der Waals surface area contributed by atoms with Crippen LogP contribution in [0.4, 0.5) is 15.9 Å². The number of fused-ring (bicyclic) bond motifs is 1. The van der Waals surface area contributed by atoms with Crippen LogP contribution in [0.2, 0.25) is 0 Å². The molecule has 3 rings (SSSR count). The molecule has 0 atom stereocenters. The molecule has 4 nitrogen and oxygen atoms in total. The van der Waals surface area contributed by atoms with Crippen LogP contribution in [0.5, 0.6) is 5.75 Å². The van der Waals surface area contributed by atoms with Crippen LogP contribution in [0, 0.1) is 12.7 Å². The highest BCUT2D eigenvalue weighted by atomic mass is 19.1. The number of hydrogen-bond donors (Lipinski definition) is 2. The lowest BCUT2D eigenvalue weighted by Crippen LogP contribution is -1.98. The van der Waals surface area contributed by atoms with E-state index in [1.54, 1.807) is 24.3 Å². The number of benzene rings is 2. The molecule has 0 fully saturated rings. The van der Waals surface area contributed by atoms with Crippen LogP contribution < -0.4 is 5.32 Å². The topological polar surface area (TPSA) is 58.0 Å². The second kappa shape index (κ2) is 4.77. The lowest BCUT2D eigenvalue weighted by atomic mass is 10.1. The number of phenols is 1. The van der Waals surface area contributed by atoms with Gasteiger partial charge in [-0.2, -0.15) is 0 Å². The summed E-state index contributed by atoms with van der Waals surface area (Å²) in [5.74, 6) is 0.396. The third-order valence-electron chi connectivity index (χ3n) is 3.06. The number of anilines is 2. The second-order valence-corrected chi connectivity index (χ2v) is 4.51. The number of rotatable bonds is 2. The lowest BCUT2D eigenvalue weighted by molar-refractivity contribution is 0.475. The van der Waals surface area contributed by atoms with Crippen molar-refractivity contribution in [2.24, 2.45) is 0 Å². The van der Waals surface area contributed by atoms with E-state index >= 15 is 0 Å². The van der Waals surface area contributed by atoms with Crippen LogP contribution in [0.1, 0.15) is 5.56 Å². The molecule has 3 aromatic rings. The Hall–Kier alpha value is -2.69. The van der Waals surface area contributed by atoms with Crippen molar-refractivity contribution in [1.29, 1.82) is 0 Å². The molecule has 0 amide bonds. The summed E-state index contributed by atoms with van der Waals surface area (Å²) >= 11 is 0. The largest absolute Gasteiger partial charge is 0.508 e. The van der Waals surface area contributed by atoms with Crippen molar-refractivity contribution in [3.63, 3.8) is 0 Å². The molecular weight excluding hydrogens is 257 g/mol. The highest BCUT2D eigenvalue weighted by Gasteiger charge is 2.07. The summed E-state index contributed by atoms with van der Waals surface area (Å²) in [4.78, 5) is 8.26. The number of aromatic hydroxyl groups is 1. The van der Waals surface area contributed by atoms with E-state index in [9.17, 15) is 9.50 Å². The van der Waals surface area contributed by atoms with Crippen LogP contribution in [0.15, 0.2) is 42.7 Å². The first-order chi connectivity index (χ1) is 9.63. The molecule has 0 saturated carbocycles. The Kier molecular flexibility index (Phi) is 2.95. The highest BCUT2D eigenvalue weighted by Crippen LogP contribution is 2.27. The third kappa shape index (κ3) is 2.25. The molecule has 0 unspecified atom stereocenters. The molecule has 0 spiro atoms. The standard InChI is InChI=1S/C15H12FN3O/c1-9-6-11(20)3-5-13(9)19-15-12-7-10(16)2-4-14(12)17-8-18-15/h2-8,20H,1H3,(H,17,18,19). The molecule has 0 radical (unpaired) electrons. The minimum Gasteiger partial charge on any atom is -0.508 e. The minimum absolute atomic E-state index is 0.201. The van der Waals surface area contributed by atoms with Gasteiger partial charge >= 0.3 is 0 Å². The molecule has 2 aromatic carbocycles. The van der Waals surface area contributed by atoms with E-state index in [2.05, 4.69) is 15.3 Å². The SMILES string of the molecule is Cc1cc(O)ccc1Nc1ncnc2ccc(F)cc12. The van der Waals surface area contributed by atoms with Crippen LogP contribution in [0.3, 0.4) is 0 Å². The van der Waals surface area contributed by atoms with Crippen LogP contribution in [-0.2, 0) is 0 Å². The number of aryl methyl sites for hydroxylation is 1. The van der Waals surface area contributed by atoms with E-state index < -0.39 is 0 Å². The number of nitrogens with one attached hydrogen (secondary N) is 1. The fraction of sp³-hybridized carbons (Fsp3) is 0.0667. The molecule has 5 heteroatoms. The van der Waals surface area contributed by atoms with Gasteiger partial charge in [0.25, 0.3) is 0 Å². The van der Waals surface area contributed by atoms with Crippen LogP contribution in [0.25, 0.3) is 10.9 Å². The molecule has 0 aliphatic carbocycles. The number of nitrogens with zero attached hydrogens (tertiary/aromatic N) is 2. The van der Waals surface area contributed by atoms with E-state index in [-0.39, 0.29) is 11.6 Å². The molecule has 20 heavy (non-hydrogen) atoms. The first kappa shape index (κ1) is 12.3. The fourth-order valence-corrected chi connectivity index (χ4v) is 2.04. The molecular formula is C15H12FN3O. The van der Waals surface area contributed by atoms with E-state index in [1.807, 2.05) is 6.92 Å². The Bertz CT molecular complexity index is 789. The lowest BCUT2D eigenvalue weighted by Gasteiger charge is -2.11. The first-order valence-electron chi connectivity index (χ1n) is 6.10. The fourth-order valence-electron chi connectivity index (χ4n) is 2.04. The molecule has 2 N–H and O–H groups in total. The predicted octanol–water partition coefficient (Wildman–Crippen LogP) is 3.53. The van der Waals surface area contributed by atoms with Crippen molar-refractivity contribution in [3.05, 3.63) is 54.1 Å². The third-order valence-corrected chi connectivity index (χ3v) is 3.06. The average molecular weight is 269 g/mol. The first-order valence-corrected chi connectivity index (χ1v) is 6.10. The molecule has 0 aliphatic heterocycles. The summed E-state index contributed by atoms with van der Waals surface area (Å²) in [6, 6.07) is 9.35. The summed E-state index contributed by atoms with van der Waals surface area (Å²) in [5.41, 5.74) is 2.33. The van der Waals surface area contributed by atoms with Gasteiger partial charge in [-0.15, -0.1) is 0 Å². The molecule has 100 valence electrons. The van der Waals surface area contributed by atoms with E-state index in [0.717, 1.165) is 11.3 Å². The molecule has 1 heterocycles. The maximum atomic E-state index is 13.4. The van der Waals surface area contributed by atoms with Crippen molar-refractivity contribution in [1.82, 2.24) is 9.97 Å². The quantitative estimate of drug-likeness (QED) is 0.699. The van der Waals surface area contributed by atoms with Gasteiger partial charge in [0.1, 0.15) is 23.7 Å². The molecule has 1 aromatic heterocycles. The van der Waals surface area contributed by atoms with Crippen molar-refractivity contribution < 1.29 is 9.50 Å². The molecule has 0 bridgehead atoms. The Morgan fingerprint density at radius 2 is 1.95 bits per heavy atom. The van der Waals surface area contributed by atoms with E-state index in [1.165, 1.54) is 18.5 Å². The zero-order valence-corrected chi connectivity index (χ0v) is 10.8. The van der Waals surface area contributed by atoms with Crippen LogP contribution in [-0.4, -0.2) is 15.1 Å². The Labute approximate surface area is 114 Å². The Morgan fingerprint density at radius 1 is 1.10 bits per heavy atom. The summed E-state index contributed by atoms with van der Waals surface area (Å²) in [6.07, 6.45) is 1.43. The van der Waals surface area contributed by atoms with Gasteiger partial charge in [-0.05, 0) is 48.9 Å². The van der Waals surface area contributed by atoms with Gasteiger partial charge in [-0.1, -0.05) is 0 Å². The normalized spacial score (nSPS) is 10.7. The van der Waals surface area contributed by atoms with Crippen molar-refractivity contribution in [3.8, 4) is 5.75 Å². The smallest absolute Gasteiger partial charge is 0.141 e. The van der Waals surface area contributed by atoms with Crippen molar-refractivity contribution >= 4 is 22.4 Å². The maximum absolute atomic E-state index is 13.4. The van der Waals surface area contributed by atoms with Gasteiger partial charge in [0.2, 0.25) is 0 Å². The average Bonchev–Trinajstić information content (AvgIpc) is 2.42. The number of aromatic nitrogens is 2. The van der Waals surface area contributed by atoms with Gasteiger partial charge in [0.05, 0.1) is 5.52 Å². The van der Waals surface area contributed by atoms with Crippen LogP contribution >= 0.6 is 0 Å². The number of hydrogen-bond acceptors (Lipinski definition) is 4. The summed E-state index contributed by atoms with van der Waals surface area (Å²) in [6.45, 7) is 1.87. The molecule has 0 saturated heterocycles. The second-order valence-electron chi connectivity index (χ2n) is 4.51. The van der Waals surface area contributed by atoms with Gasteiger partial charge in [-0.25, -0.2) is 14.4 Å². The predicted molar refractivity (Wildman–Crippen MR) is 75.6 cm³/mol. The monoisotopic (exact) mass is 269 g/mol. The number of phenolic OH excluding ortho intramolecular Hbond substituents is 1. The van der Waals surface area contributed by atoms with Crippen molar-refractivity contribution in [2.45, 2.75) is 6.92 Å². The van der Waals surface area contributed by atoms with Gasteiger partial charge in [0.15, 0.2) is 0 Å². The van der Waals surface area contributed by atoms with Gasteiger partial charge in [-0.3, -0.25) is 0 Å². The maximum Gasteiger partial charge on any atom is 0.141 e. The summed E-state index contributed by atoms with van der Waals surface area (Å²) in [5, 5.41) is 13.2. The van der Waals surface area contributed by atoms with Gasteiger partial charge in [0, 0.05) is 11.1 Å². The number of halogens is 1. The zero-order valence-electron chi connectivity index (χ0n) is 10.8. The van der Waals surface area contributed by atoms with E-state index in [4.69, 9.17) is 0 Å². The Morgan fingerprint density at radius 3 is 2.75 bits per heavy atom. The Balaban J connectivity index is 2.08. The molecule has 0 aliphatic rings.